The van der Waals surface area contributed by atoms with Crippen molar-refractivity contribution in [2.45, 2.75) is 83.6 Å². The van der Waals surface area contributed by atoms with Crippen molar-refractivity contribution in [2.75, 3.05) is 5.32 Å². The summed E-state index contributed by atoms with van der Waals surface area (Å²) in [5, 5.41) is 15.2. The lowest BCUT2D eigenvalue weighted by Gasteiger charge is -2.16. The summed E-state index contributed by atoms with van der Waals surface area (Å²) in [5.74, 6) is -1.52. The van der Waals surface area contributed by atoms with Gasteiger partial charge in [0.25, 0.3) is 5.91 Å². The van der Waals surface area contributed by atoms with Gasteiger partial charge in [-0.15, -0.1) is 15.0 Å². The Labute approximate surface area is 206 Å². The molecule has 2 aromatic carbocycles. The molecule has 0 saturated heterocycles. The topological polar surface area (TPSA) is 72.7 Å². The molecule has 0 aliphatic carbocycles. The van der Waals surface area contributed by atoms with Gasteiger partial charge >= 0.3 is 0 Å². The van der Waals surface area contributed by atoms with Crippen molar-refractivity contribution in [3.8, 4) is 0 Å². The fourth-order valence-corrected chi connectivity index (χ4v) is 4.05. The fourth-order valence-electron chi connectivity index (χ4n) is 4.05. The second-order valence-corrected chi connectivity index (χ2v) is 8.88. The highest BCUT2D eigenvalue weighted by Gasteiger charge is 2.26. The number of carbonyl (C=O) groups is 1. The van der Waals surface area contributed by atoms with E-state index in [0.717, 1.165) is 25.0 Å². The van der Waals surface area contributed by atoms with Crippen molar-refractivity contribution >= 4 is 11.6 Å². The zero-order valence-corrected chi connectivity index (χ0v) is 20.4. The summed E-state index contributed by atoms with van der Waals surface area (Å²) in [6, 6.07) is 11.1. The number of halogens is 2. The Morgan fingerprint density at radius 1 is 0.914 bits per heavy atom. The zero-order valence-electron chi connectivity index (χ0n) is 20.4. The van der Waals surface area contributed by atoms with Crippen LogP contribution < -0.4 is 5.32 Å². The molecule has 1 atom stereocenters. The van der Waals surface area contributed by atoms with E-state index in [-0.39, 0.29) is 5.69 Å². The maximum atomic E-state index is 14.1. The summed E-state index contributed by atoms with van der Waals surface area (Å²) in [5.41, 5.74) is 0.526. The van der Waals surface area contributed by atoms with E-state index in [0.29, 0.717) is 17.8 Å². The number of aryl methyl sites for hydroxylation is 1. The Morgan fingerprint density at radius 3 is 2.23 bits per heavy atom. The van der Waals surface area contributed by atoms with Crippen LogP contribution in [-0.4, -0.2) is 26.1 Å². The Bertz CT molecular complexity index is 1040. The van der Waals surface area contributed by atoms with E-state index in [1.54, 1.807) is 24.3 Å². The number of carbonyl (C=O) groups excluding carboxylic acids is 1. The second-order valence-electron chi connectivity index (χ2n) is 8.88. The second kappa shape index (κ2) is 14.3. The Hall–Kier alpha value is -3.16. The molecule has 0 radical (unpaired) electrons. The molecule has 1 amide bonds. The average Bonchev–Trinajstić information content (AvgIpc) is 3.31. The van der Waals surface area contributed by atoms with Crippen LogP contribution in [0.25, 0.3) is 0 Å². The first-order chi connectivity index (χ1) is 17.1. The number of amides is 1. The molecule has 188 valence electrons. The fraction of sp³-hybridized carbons (Fsp3) is 0.481. The quantitative estimate of drug-likeness (QED) is 0.246. The number of nitrogens with one attached hydrogen (secondary N) is 1. The molecule has 3 aromatic rings. The zero-order chi connectivity index (χ0) is 24.9. The third kappa shape index (κ3) is 8.53. The lowest BCUT2D eigenvalue weighted by atomic mass is 10.1. The van der Waals surface area contributed by atoms with Gasteiger partial charge in [0.15, 0.2) is 11.9 Å². The molecule has 35 heavy (non-hydrogen) atoms. The Kier molecular flexibility index (Phi) is 10.8. The molecule has 1 aromatic heterocycles. The van der Waals surface area contributed by atoms with Gasteiger partial charge in [0, 0.05) is 12.5 Å². The first kappa shape index (κ1) is 26.4. The number of aromatic nitrogens is 4. The number of unbranched alkanes of at least 4 members (excludes halogenated alkanes) is 9. The van der Waals surface area contributed by atoms with Crippen LogP contribution in [-0.2, 0) is 11.2 Å². The molecule has 1 N–H and O–H groups in total. The SMILES string of the molecule is CCCCCCCCCCCCc1nnn(C(C(=O)Nc2ccc(F)cc2F)c2ccccc2)n1. The number of hydrogen-bond donors (Lipinski definition) is 1. The normalized spacial score (nSPS) is 12.0. The highest BCUT2D eigenvalue weighted by molar-refractivity contribution is 5.95. The molecule has 0 aliphatic rings. The van der Waals surface area contributed by atoms with Crippen LogP contribution in [0, 0.1) is 11.6 Å². The van der Waals surface area contributed by atoms with E-state index in [1.165, 1.54) is 62.2 Å². The van der Waals surface area contributed by atoms with Crippen LogP contribution in [0.1, 0.15) is 88.6 Å². The summed E-state index contributed by atoms with van der Waals surface area (Å²) in [6.07, 6.45) is 13.1. The van der Waals surface area contributed by atoms with Crippen LogP contribution >= 0.6 is 0 Å². The first-order valence-corrected chi connectivity index (χ1v) is 12.7. The Balaban J connectivity index is 1.55. The lowest BCUT2D eigenvalue weighted by Crippen LogP contribution is -2.29. The van der Waals surface area contributed by atoms with Crippen molar-refractivity contribution in [3.05, 3.63) is 71.6 Å². The molecule has 0 spiro atoms. The predicted octanol–water partition coefficient (Wildman–Crippen LogP) is 6.64. The summed E-state index contributed by atoms with van der Waals surface area (Å²) >= 11 is 0. The molecular weight excluding hydrogens is 448 g/mol. The van der Waals surface area contributed by atoms with Crippen LogP contribution in [0.4, 0.5) is 14.5 Å². The minimum atomic E-state index is -0.936. The van der Waals surface area contributed by atoms with Crippen LogP contribution in [0.3, 0.4) is 0 Å². The molecule has 0 aliphatic heterocycles. The van der Waals surface area contributed by atoms with Gasteiger partial charge in [-0.05, 0) is 29.3 Å². The van der Waals surface area contributed by atoms with Gasteiger partial charge in [0.1, 0.15) is 11.6 Å². The standard InChI is InChI=1S/C27H35F2N5O/c1-2-3-4-5-6-7-8-9-10-14-17-25-31-33-34(32-25)26(21-15-12-11-13-16-21)27(35)30-24-19-18-22(28)20-23(24)29/h11-13,15-16,18-20,26H,2-10,14,17H2,1H3,(H,30,35). The monoisotopic (exact) mass is 483 g/mol. The van der Waals surface area contributed by atoms with E-state index in [1.807, 2.05) is 6.07 Å². The van der Waals surface area contributed by atoms with E-state index < -0.39 is 23.6 Å². The smallest absolute Gasteiger partial charge is 0.255 e. The van der Waals surface area contributed by atoms with Crippen LogP contribution in [0.2, 0.25) is 0 Å². The van der Waals surface area contributed by atoms with Gasteiger partial charge in [-0.3, -0.25) is 4.79 Å². The molecular formula is C27H35F2N5O. The molecule has 0 saturated carbocycles. The molecule has 3 rings (SSSR count). The van der Waals surface area contributed by atoms with E-state index in [2.05, 4.69) is 27.7 Å². The number of benzene rings is 2. The molecule has 6 nitrogen and oxygen atoms in total. The molecule has 0 fully saturated rings. The number of nitrogens with zero attached hydrogens (tertiary/aromatic N) is 4. The highest BCUT2D eigenvalue weighted by atomic mass is 19.1. The third-order valence-corrected chi connectivity index (χ3v) is 6.01. The summed E-state index contributed by atoms with van der Waals surface area (Å²) in [7, 11) is 0. The van der Waals surface area contributed by atoms with E-state index in [4.69, 9.17) is 0 Å². The molecule has 0 bridgehead atoms. The highest BCUT2D eigenvalue weighted by Crippen LogP contribution is 2.21. The van der Waals surface area contributed by atoms with Crippen molar-refractivity contribution in [2.24, 2.45) is 0 Å². The largest absolute Gasteiger partial charge is 0.321 e. The molecule has 1 unspecified atom stereocenters. The van der Waals surface area contributed by atoms with Gasteiger partial charge in [0.2, 0.25) is 0 Å². The Morgan fingerprint density at radius 2 is 1.57 bits per heavy atom. The summed E-state index contributed by atoms with van der Waals surface area (Å²) < 4.78 is 27.3. The predicted molar refractivity (Wildman–Crippen MR) is 133 cm³/mol. The minimum Gasteiger partial charge on any atom is -0.321 e. The van der Waals surface area contributed by atoms with Crippen molar-refractivity contribution in [1.29, 1.82) is 0 Å². The maximum Gasteiger partial charge on any atom is 0.255 e. The van der Waals surface area contributed by atoms with Gasteiger partial charge in [-0.2, -0.15) is 0 Å². The van der Waals surface area contributed by atoms with Gasteiger partial charge in [-0.1, -0.05) is 95.0 Å². The summed E-state index contributed by atoms with van der Waals surface area (Å²) in [6.45, 7) is 2.24. The molecule has 1 heterocycles. The first-order valence-electron chi connectivity index (χ1n) is 12.7. The van der Waals surface area contributed by atoms with Gasteiger partial charge < -0.3 is 5.32 Å². The minimum absolute atomic E-state index is 0.108. The molecule has 8 heteroatoms. The van der Waals surface area contributed by atoms with Crippen LogP contribution in [0.15, 0.2) is 48.5 Å². The maximum absolute atomic E-state index is 14.1. The summed E-state index contributed by atoms with van der Waals surface area (Å²) in [4.78, 5) is 14.4. The van der Waals surface area contributed by atoms with Crippen molar-refractivity contribution in [1.82, 2.24) is 20.2 Å². The van der Waals surface area contributed by atoms with E-state index >= 15 is 0 Å². The van der Waals surface area contributed by atoms with E-state index in [9.17, 15) is 13.6 Å². The number of tetrazole rings is 1. The van der Waals surface area contributed by atoms with Crippen LogP contribution in [0.5, 0.6) is 0 Å². The number of hydrogen-bond acceptors (Lipinski definition) is 4. The third-order valence-electron chi connectivity index (χ3n) is 6.01. The lowest BCUT2D eigenvalue weighted by molar-refractivity contribution is -0.118. The van der Waals surface area contributed by atoms with Crippen molar-refractivity contribution < 1.29 is 13.6 Å². The number of rotatable bonds is 15. The average molecular weight is 484 g/mol. The van der Waals surface area contributed by atoms with Gasteiger partial charge in [0.05, 0.1) is 5.69 Å². The van der Waals surface area contributed by atoms with Gasteiger partial charge in [-0.25, -0.2) is 8.78 Å². The number of anilines is 1. The van der Waals surface area contributed by atoms with Crippen molar-refractivity contribution in [3.63, 3.8) is 0 Å².